The number of nitrogens with zero attached hydrogens (tertiary/aromatic N) is 1. The van der Waals surface area contributed by atoms with E-state index in [4.69, 9.17) is 18.0 Å². The Balaban J connectivity index is 2.75. The van der Waals surface area contributed by atoms with Gasteiger partial charge in [-0.3, -0.25) is 5.43 Å². The minimum Gasteiger partial charge on any atom is -0.375 e. The molecule has 1 aliphatic rings. The van der Waals surface area contributed by atoms with E-state index in [0.29, 0.717) is 10.8 Å². The molecule has 0 radical (unpaired) electrons. The van der Waals surface area contributed by atoms with Crippen molar-refractivity contribution in [2.24, 2.45) is 21.7 Å². The van der Waals surface area contributed by atoms with Crippen molar-refractivity contribution in [1.82, 2.24) is 5.43 Å². The van der Waals surface area contributed by atoms with Crippen LogP contribution in [0.1, 0.15) is 47.0 Å². The lowest BCUT2D eigenvalue weighted by atomic mass is 9.65. The molecule has 0 unspecified atom stereocenters. The summed E-state index contributed by atoms with van der Waals surface area (Å²) in [6.45, 7) is 9.13. The van der Waals surface area contributed by atoms with Gasteiger partial charge in [0.25, 0.3) is 0 Å². The van der Waals surface area contributed by atoms with Gasteiger partial charge < -0.3 is 5.73 Å². The molecule has 0 spiro atoms. The van der Waals surface area contributed by atoms with E-state index >= 15 is 0 Å². The lowest BCUT2D eigenvalue weighted by Gasteiger charge is -2.41. The Morgan fingerprint density at radius 1 is 1.27 bits per heavy atom. The van der Waals surface area contributed by atoms with Gasteiger partial charge in [0.1, 0.15) is 0 Å². The highest BCUT2D eigenvalue weighted by molar-refractivity contribution is 7.80. The third-order valence-corrected chi connectivity index (χ3v) is 2.74. The van der Waals surface area contributed by atoms with Crippen LogP contribution in [0.3, 0.4) is 0 Å². The van der Waals surface area contributed by atoms with Crippen molar-refractivity contribution >= 4 is 23.0 Å². The van der Waals surface area contributed by atoms with Crippen LogP contribution in [0.15, 0.2) is 5.10 Å². The van der Waals surface area contributed by atoms with Crippen LogP contribution < -0.4 is 11.2 Å². The minimum absolute atomic E-state index is 0.240. The van der Waals surface area contributed by atoms with Gasteiger partial charge in [0.05, 0.1) is 0 Å². The van der Waals surface area contributed by atoms with Crippen molar-refractivity contribution in [2.75, 3.05) is 0 Å². The second kappa shape index (κ2) is 4.08. The summed E-state index contributed by atoms with van der Waals surface area (Å²) in [5, 5.41) is 4.51. The van der Waals surface area contributed by atoms with Gasteiger partial charge in [0, 0.05) is 5.71 Å². The molecule has 1 fully saturated rings. The molecule has 3 nitrogen and oxygen atoms in total. The van der Waals surface area contributed by atoms with Gasteiger partial charge in [-0.25, -0.2) is 0 Å². The number of thiocarbonyl (C=S) groups is 1. The van der Waals surface area contributed by atoms with E-state index in [-0.39, 0.29) is 5.11 Å². The molecule has 0 bridgehead atoms. The first-order valence-electron chi connectivity index (χ1n) is 5.31. The molecule has 0 atom stereocenters. The summed E-state index contributed by atoms with van der Waals surface area (Å²) in [6, 6.07) is 0. The normalized spacial score (nSPS) is 23.3. The fraction of sp³-hybridized carbons (Fsp3) is 0.818. The lowest BCUT2D eigenvalue weighted by Crippen LogP contribution is -2.36. The average molecular weight is 227 g/mol. The summed E-state index contributed by atoms with van der Waals surface area (Å²) < 4.78 is 0. The zero-order valence-corrected chi connectivity index (χ0v) is 10.9. The smallest absolute Gasteiger partial charge is 0.184 e. The van der Waals surface area contributed by atoms with E-state index in [9.17, 15) is 0 Å². The van der Waals surface area contributed by atoms with Gasteiger partial charge in [-0.05, 0) is 42.3 Å². The van der Waals surface area contributed by atoms with Crippen LogP contribution in [0.2, 0.25) is 0 Å². The molecule has 0 aromatic carbocycles. The molecule has 0 aromatic rings. The maximum absolute atomic E-state index is 5.36. The Morgan fingerprint density at radius 3 is 2.13 bits per heavy atom. The molecular weight excluding hydrogens is 206 g/mol. The van der Waals surface area contributed by atoms with Gasteiger partial charge in [-0.1, -0.05) is 27.7 Å². The summed E-state index contributed by atoms with van der Waals surface area (Å²) in [7, 11) is 0. The van der Waals surface area contributed by atoms with Crippen molar-refractivity contribution in [2.45, 2.75) is 47.0 Å². The van der Waals surface area contributed by atoms with Crippen LogP contribution in [0.5, 0.6) is 0 Å². The zero-order valence-electron chi connectivity index (χ0n) is 10.1. The number of nitrogens with two attached hydrogens (primary N) is 1. The Hall–Kier alpha value is -0.640. The molecule has 3 N–H and O–H groups in total. The van der Waals surface area contributed by atoms with E-state index < -0.39 is 0 Å². The molecule has 1 rings (SSSR count). The first kappa shape index (κ1) is 12.4. The molecule has 15 heavy (non-hydrogen) atoms. The Morgan fingerprint density at radius 2 is 1.73 bits per heavy atom. The first-order valence-corrected chi connectivity index (χ1v) is 5.72. The number of hydrazone groups is 1. The number of hydrogen-bond acceptors (Lipinski definition) is 2. The van der Waals surface area contributed by atoms with E-state index in [2.05, 4.69) is 38.2 Å². The lowest BCUT2D eigenvalue weighted by molar-refractivity contribution is 0.182. The van der Waals surface area contributed by atoms with Gasteiger partial charge in [-0.15, -0.1) is 0 Å². The van der Waals surface area contributed by atoms with Crippen LogP contribution in [-0.4, -0.2) is 10.8 Å². The molecule has 0 aromatic heterocycles. The van der Waals surface area contributed by atoms with Crippen LogP contribution >= 0.6 is 12.2 Å². The predicted octanol–water partition coefficient (Wildman–Crippen LogP) is 2.41. The average Bonchev–Trinajstić information content (AvgIpc) is 1.94. The van der Waals surface area contributed by atoms with Crippen molar-refractivity contribution in [3.05, 3.63) is 0 Å². The fourth-order valence-electron chi connectivity index (χ4n) is 2.80. The molecule has 0 saturated heterocycles. The summed E-state index contributed by atoms with van der Waals surface area (Å²) >= 11 is 4.74. The van der Waals surface area contributed by atoms with Crippen LogP contribution in [0.4, 0.5) is 0 Å². The van der Waals surface area contributed by atoms with Crippen molar-refractivity contribution < 1.29 is 0 Å². The van der Waals surface area contributed by atoms with Crippen molar-refractivity contribution in [1.29, 1.82) is 0 Å². The Labute approximate surface area is 97.5 Å². The topological polar surface area (TPSA) is 50.4 Å². The van der Waals surface area contributed by atoms with Gasteiger partial charge in [-0.2, -0.15) is 5.10 Å². The van der Waals surface area contributed by atoms with E-state index in [1.54, 1.807) is 0 Å². The van der Waals surface area contributed by atoms with E-state index in [1.165, 1.54) is 12.1 Å². The van der Waals surface area contributed by atoms with Crippen molar-refractivity contribution in [3.63, 3.8) is 0 Å². The SMILES string of the molecule is CC1(C)CC(=NNC(N)=S)CC(C)(C)C1. The molecule has 1 aliphatic carbocycles. The quantitative estimate of drug-likeness (QED) is 0.534. The maximum Gasteiger partial charge on any atom is 0.184 e. The molecule has 0 aliphatic heterocycles. The van der Waals surface area contributed by atoms with Crippen molar-refractivity contribution in [3.8, 4) is 0 Å². The van der Waals surface area contributed by atoms with Gasteiger partial charge in [0.15, 0.2) is 5.11 Å². The van der Waals surface area contributed by atoms with E-state index in [0.717, 1.165) is 12.8 Å². The zero-order chi connectivity index (χ0) is 11.7. The standard InChI is InChI=1S/C11H21N3S/c1-10(2)5-8(13-14-9(12)15)6-11(3,4)7-10/h5-7H2,1-4H3,(H3,12,14,15). The largest absolute Gasteiger partial charge is 0.375 e. The second-order valence-corrected chi connectivity index (χ2v) is 6.45. The van der Waals surface area contributed by atoms with Gasteiger partial charge >= 0.3 is 0 Å². The highest BCUT2D eigenvalue weighted by atomic mass is 32.1. The Bertz CT molecular complexity index is 274. The molecule has 1 saturated carbocycles. The number of rotatable bonds is 1. The summed E-state index contributed by atoms with van der Waals surface area (Å²) in [5.74, 6) is 0. The molecule has 4 heteroatoms. The third-order valence-electron chi connectivity index (χ3n) is 2.65. The van der Waals surface area contributed by atoms with E-state index in [1.807, 2.05) is 0 Å². The van der Waals surface area contributed by atoms with Crippen LogP contribution in [0.25, 0.3) is 0 Å². The monoisotopic (exact) mass is 227 g/mol. The van der Waals surface area contributed by atoms with Crippen LogP contribution in [0, 0.1) is 10.8 Å². The molecule has 0 heterocycles. The Kier molecular flexibility index (Phi) is 3.38. The molecule has 0 amide bonds. The van der Waals surface area contributed by atoms with Crippen LogP contribution in [-0.2, 0) is 0 Å². The van der Waals surface area contributed by atoms with Gasteiger partial charge in [0.2, 0.25) is 0 Å². The summed E-state index contributed by atoms with van der Waals surface area (Å²) in [6.07, 6.45) is 3.27. The molecular formula is C11H21N3S. The third kappa shape index (κ3) is 4.16. The molecule has 86 valence electrons. The minimum atomic E-state index is 0.240. The second-order valence-electron chi connectivity index (χ2n) is 6.01. The fourth-order valence-corrected chi connectivity index (χ4v) is 2.85. The summed E-state index contributed by atoms with van der Waals surface area (Å²) in [5.41, 5.74) is 9.85. The number of hydrogen-bond donors (Lipinski definition) is 2. The maximum atomic E-state index is 5.36. The summed E-state index contributed by atoms with van der Waals surface area (Å²) in [4.78, 5) is 0. The number of nitrogens with one attached hydrogen (secondary N) is 1. The first-order chi connectivity index (χ1) is 6.70. The highest BCUT2D eigenvalue weighted by Gasteiger charge is 2.36. The predicted molar refractivity (Wildman–Crippen MR) is 68.8 cm³/mol. The highest BCUT2D eigenvalue weighted by Crippen LogP contribution is 2.44.